The molecule has 0 bridgehead atoms. The van der Waals surface area contributed by atoms with Gasteiger partial charge in [0.15, 0.2) is 0 Å². The zero-order valence-electron chi connectivity index (χ0n) is 31.4. The van der Waals surface area contributed by atoms with Crippen molar-refractivity contribution in [2.45, 2.75) is 52.2 Å². The number of hydrogen-bond donors (Lipinski definition) is 0. The van der Waals surface area contributed by atoms with E-state index < -0.39 is 6.04 Å². The van der Waals surface area contributed by atoms with E-state index in [4.69, 9.17) is 0 Å². The number of piperazine rings is 2. The molecule has 8 nitrogen and oxygen atoms in total. The molecule has 1 atom stereocenters. The Kier molecular flexibility index (Phi) is 12.8. The van der Waals surface area contributed by atoms with Gasteiger partial charge in [-0.05, 0) is 51.9 Å². The highest BCUT2D eigenvalue weighted by atomic mass is 16.2. The normalized spacial score (nSPS) is 15.9. The van der Waals surface area contributed by atoms with Crippen molar-refractivity contribution in [3.05, 3.63) is 143 Å². The summed E-state index contributed by atoms with van der Waals surface area (Å²) in [6.07, 6.45) is 3.90. The Balaban J connectivity index is 1.25. The molecular formula is C45H53N5O3. The highest BCUT2D eigenvalue weighted by Crippen LogP contribution is 2.23. The van der Waals surface area contributed by atoms with Crippen LogP contribution in [0.3, 0.4) is 0 Å². The van der Waals surface area contributed by atoms with Crippen molar-refractivity contribution >= 4 is 29.5 Å². The molecule has 0 N–H and O–H groups in total. The molecule has 8 heteroatoms. The van der Waals surface area contributed by atoms with Crippen LogP contribution in [0.5, 0.6) is 0 Å². The first kappa shape index (κ1) is 37.5. The topological polar surface area (TPSA) is 67.4 Å². The SMILES string of the molecule is CC(=O)N1CCN(c2ccc(CN(C(=O)C=Cc3ccc(C(C)C)cc3)C(Cc3ccccc3)C(=O)N3CCN(Cc4ccccc4)CC3)cc2)CC1. The van der Waals surface area contributed by atoms with Gasteiger partial charge in [0.25, 0.3) is 0 Å². The van der Waals surface area contributed by atoms with E-state index >= 15 is 0 Å². The van der Waals surface area contributed by atoms with Crippen LogP contribution in [0.1, 0.15) is 54.5 Å². The Morgan fingerprint density at radius 1 is 0.660 bits per heavy atom. The molecule has 4 aromatic rings. The molecule has 276 valence electrons. The molecule has 2 aliphatic heterocycles. The molecule has 2 saturated heterocycles. The van der Waals surface area contributed by atoms with Gasteiger partial charge in [-0.3, -0.25) is 19.3 Å². The molecule has 0 spiro atoms. The maximum atomic E-state index is 14.7. The second-order valence-electron chi connectivity index (χ2n) is 14.6. The number of rotatable bonds is 12. The van der Waals surface area contributed by atoms with Crippen molar-refractivity contribution in [3.8, 4) is 0 Å². The Hall–Kier alpha value is -5.21. The van der Waals surface area contributed by atoms with Gasteiger partial charge in [0.2, 0.25) is 17.7 Å². The molecule has 6 rings (SSSR count). The van der Waals surface area contributed by atoms with Crippen LogP contribution in [0.25, 0.3) is 6.08 Å². The van der Waals surface area contributed by atoms with Gasteiger partial charge in [-0.15, -0.1) is 0 Å². The quantitative estimate of drug-likeness (QED) is 0.158. The van der Waals surface area contributed by atoms with Crippen molar-refractivity contribution in [2.24, 2.45) is 0 Å². The standard InChI is InChI=1S/C45H53N5O3/c1-35(2)41-19-14-37(15-20-41)18-23-44(52)50(34-40-16-21-42(22-17-40)48-30-28-47(29-31-48)36(3)51)43(32-38-10-6-4-7-11-38)45(53)49-26-24-46(25-27-49)33-39-12-8-5-9-13-39/h4-23,35,43H,24-34H2,1-3H3. The molecule has 4 aromatic carbocycles. The van der Waals surface area contributed by atoms with Crippen LogP contribution in [0.2, 0.25) is 0 Å². The maximum Gasteiger partial charge on any atom is 0.247 e. The maximum absolute atomic E-state index is 14.7. The molecule has 3 amide bonds. The lowest BCUT2D eigenvalue weighted by Crippen LogP contribution is -2.56. The van der Waals surface area contributed by atoms with E-state index in [2.05, 4.69) is 84.3 Å². The number of benzene rings is 4. The lowest BCUT2D eigenvalue weighted by atomic mass is 10.0. The van der Waals surface area contributed by atoms with E-state index in [1.807, 2.05) is 64.4 Å². The third-order valence-corrected chi connectivity index (χ3v) is 10.6. The van der Waals surface area contributed by atoms with Crippen molar-refractivity contribution < 1.29 is 14.4 Å². The molecule has 0 radical (unpaired) electrons. The van der Waals surface area contributed by atoms with Gasteiger partial charge in [-0.1, -0.05) is 111 Å². The minimum Gasteiger partial charge on any atom is -0.368 e. The number of hydrogen-bond acceptors (Lipinski definition) is 5. The first-order valence-corrected chi connectivity index (χ1v) is 19.0. The molecule has 0 aliphatic carbocycles. The minimum absolute atomic E-state index is 0.0174. The van der Waals surface area contributed by atoms with Gasteiger partial charge in [0.05, 0.1) is 0 Å². The number of carbonyl (C=O) groups is 3. The summed E-state index contributed by atoms with van der Waals surface area (Å²) in [5.41, 5.74) is 6.51. The fraction of sp³-hybridized carbons (Fsp3) is 0.356. The van der Waals surface area contributed by atoms with Gasteiger partial charge in [0, 0.05) is 90.6 Å². The molecule has 2 heterocycles. The second-order valence-corrected chi connectivity index (χ2v) is 14.6. The summed E-state index contributed by atoms with van der Waals surface area (Å²) in [6.45, 7) is 12.9. The van der Waals surface area contributed by atoms with Gasteiger partial charge in [-0.2, -0.15) is 0 Å². The Morgan fingerprint density at radius 2 is 1.25 bits per heavy atom. The fourth-order valence-corrected chi connectivity index (χ4v) is 7.23. The number of anilines is 1. The van der Waals surface area contributed by atoms with Gasteiger partial charge >= 0.3 is 0 Å². The summed E-state index contributed by atoms with van der Waals surface area (Å²) in [4.78, 5) is 51.2. The Bertz CT molecular complexity index is 1810. The number of carbonyl (C=O) groups excluding carboxylic acids is 3. The van der Waals surface area contributed by atoms with Crippen molar-refractivity contribution in [3.63, 3.8) is 0 Å². The van der Waals surface area contributed by atoms with Crippen LogP contribution >= 0.6 is 0 Å². The molecule has 2 fully saturated rings. The average molecular weight is 712 g/mol. The van der Waals surface area contributed by atoms with Gasteiger partial charge < -0.3 is 19.6 Å². The summed E-state index contributed by atoms with van der Waals surface area (Å²) >= 11 is 0. The van der Waals surface area contributed by atoms with Crippen LogP contribution in [0, 0.1) is 0 Å². The summed E-state index contributed by atoms with van der Waals surface area (Å²) in [5, 5.41) is 0. The van der Waals surface area contributed by atoms with E-state index in [9.17, 15) is 14.4 Å². The van der Waals surface area contributed by atoms with E-state index in [0.717, 1.165) is 55.1 Å². The smallest absolute Gasteiger partial charge is 0.247 e. The Labute approximate surface area is 315 Å². The second kappa shape index (κ2) is 18.0. The average Bonchev–Trinajstić information content (AvgIpc) is 3.19. The monoisotopic (exact) mass is 711 g/mol. The highest BCUT2D eigenvalue weighted by Gasteiger charge is 2.34. The van der Waals surface area contributed by atoms with E-state index in [1.165, 1.54) is 11.1 Å². The first-order valence-electron chi connectivity index (χ1n) is 19.0. The third kappa shape index (κ3) is 10.2. The minimum atomic E-state index is -0.683. The van der Waals surface area contributed by atoms with Crippen LogP contribution < -0.4 is 4.90 Å². The van der Waals surface area contributed by atoms with E-state index in [0.29, 0.717) is 45.1 Å². The zero-order chi connectivity index (χ0) is 37.2. The summed E-state index contributed by atoms with van der Waals surface area (Å²) < 4.78 is 0. The first-order chi connectivity index (χ1) is 25.7. The van der Waals surface area contributed by atoms with Gasteiger partial charge in [-0.25, -0.2) is 0 Å². The highest BCUT2D eigenvalue weighted by molar-refractivity contribution is 5.96. The molecular weight excluding hydrogens is 659 g/mol. The molecule has 53 heavy (non-hydrogen) atoms. The van der Waals surface area contributed by atoms with Crippen LogP contribution in [0.4, 0.5) is 5.69 Å². The van der Waals surface area contributed by atoms with Crippen LogP contribution in [-0.4, -0.2) is 95.7 Å². The van der Waals surface area contributed by atoms with Crippen LogP contribution in [-0.2, 0) is 33.9 Å². The molecule has 2 aliphatic rings. The molecule has 0 aromatic heterocycles. The van der Waals surface area contributed by atoms with Gasteiger partial charge in [0.1, 0.15) is 6.04 Å². The summed E-state index contributed by atoms with van der Waals surface area (Å²) in [6, 6.07) is 36.4. The van der Waals surface area contributed by atoms with Crippen molar-refractivity contribution in [2.75, 3.05) is 57.3 Å². The van der Waals surface area contributed by atoms with E-state index in [1.54, 1.807) is 17.9 Å². The summed E-state index contributed by atoms with van der Waals surface area (Å²) in [5.74, 6) is 0.322. The van der Waals surface area contributed by atoms with Crippen molar-refractivity contribution in [1.82, 2.24) is 19.6 Å². The summed E-state index contributed by atoms with van der Waals surface area (Å²) in [7, 11) is 0. The fourth-order valence-electron chi connectivity index (χ4n) is 7.23. The predicted octanol–water partition coefficient (Wildman–Crippen LogP) is 6.48. The lowest BCUT2D eigenvalue weighted by molar-refractivity contribution is -0.145. The van der Waals surface area contributed by atoms with Crippen LogP contribution in [0.15, 0.2) is 115 Å². The van der Waals surface area contributed by atoms with Crippen molar-refractivity contribution in [1.29, 1.82) is 0 Å². The predicted molar refractivity (Wildman–Crippen MR) is 213 cm³/mol. The third-order valence-electron chi connectivity index (χ3n) is 10.6. The number of nitrogens with zero attached hydrogens (tertiary/aromatic N) is 5. The van der Waals surface area contributed by atoms with E-state index in [-0.39, 0.29) is 17.7 Å². The number of amides is 3. The largest absolute Gasteiger partial charge is 0.368 e. The lowest BCUT2D eigenvalue weighted by Gasteiger charge is -2.39. The molecule has 0 saturated carbocycles. The Morgan fingerprint density at radius 3 is 1.83 bits per heavy atom. The zero-order valence-corrected chi connectivity index (χ0v) is 31.4. The molecule has 1 unspecified atom stereocenters.